The first-order valence-corrected chi connectivity index (χ1v) is 10.3. The van der Waals surface area contributed by atoms with Gasteiger partial charge in [-0.2, -0.15) is 0 Å². The Balaban J connectivity index is 0.00000341. The van der Waals surface area contributed by atoms with Crippen molar-refractivity contribution >= 4 is 57.7 Å². The minimum Gasteiger partial charge on any atom is -0.543 e. The van der Waals surface area contributed by atoms with Crippen molar-refractivity contribution in [3.8, 4) is 0 Å². The number of β-lactam (4-membered cyclic amide) rings is 1. The fraction of sp³-hybridized carbons (Fsp3) is 0.375. The Morgan fingerprint density at radius 3 is 2.71 bits per heavy atom. The maximum absolute atomic E-state index is 12.6. The van der Waals surface area contributed by atoms with Gasteiger partial charge in [-0.1, -0.05) is 5.16 Å². The third-order valence-corrected chi connectivity index (χ3v) is 6.15. The minimum atomic E-state index is -1.57. The molecule has 3 N–H and O–H groups in total. The quantitative estimate of drug-likeness (QED) is 0.127. The van der Waals surface area contributed by atoms with Crippen LogP contribution in [-0.4, -0.2) is 70.2 Å². The molecular weight excluding hydrogens is 461 g/mol. The number of ether oxygens (including phenoxy) is 1. The van der Waals surface area contributed by atoms with Gasteiger partial charge in [0.25, 0.3) is 11.8 Å². The average molecular weight is 477 g/mol. The van der Waals surface area contributed by atoms with E-state index in [0.717, 1.165) is 16.2 Å². The zero-order valence-electron chi connectivity index (χ0n) is 16.7. The molecule has 0 aliphatic carbocycles. The van der Waals surface area contributed by atoms with Crippen LogP contribution in [-0.2, 0) is 28.8 Å². The van der Waals surface area contributed by atoms with Crippen LogP contribution in [0, 0.1) is 0 Å². The Hall–Kier alpha value is -2.13. The molecule has 15 heteroatoms. The molecule has 160 valence electrons. The number of thioether (sulfide) groups is 1. The molecule has 1 saturated heterocycles. The predicted octanol–water partition coefficient (Wildman–Crippen LogP) is -4.95. The Bertz CT molecular complexity index is 979. The van der Waals surface area contributed by atoms with Gasteiger partial charge >= 0.3 is 35.5 Å². The molecule has 0 spiro atoms. The van der Waals surface area contributed by atoms with Gasteiger partial charge in [0.15, 0.2) is 10.8 Å². The molecule has 0 unspecified atom stereocenters. The second kappa shape index (κ2) is 10.5. The number of carbonyl (C=O) groups is 4. The fourth-order valence-corrected chi connectivity index (χ4v) is 4.75. The number of carboxylic acid groups (broad SMARTS) is 1. The van der Waals surface area contributed by atoms with E-state index in [1.54, 1.807) is 0 Å². The van der Waals surface area contributed by atoms with Crippen molar-refractivity contribution in [2.45, 2.75) is 18.3 Å². The summed E-state index contributed by atoms with van der Waals surface area (Å²) in [5.41, 5.74) is 5.46. The summed E-state index contributed by atoms with van der Waals surface area (Å²) in [6.07, 6.45) is 0. The number of carboxylic acids is 1. The number of esters is 1. The average Bonchev–Trinajstić information content (AvgIpc) is 3.13. The van der Waals surface area contributed by atoms with E-state index in [4.69, 9.17) is 10.5 Å². The molecule has 0 radical (unpaired) electrons. The number of nitrogens with two attached hydrogens (primary N) is 1. The maximum Gasteiger partial charge on any atom is 1.00 e. The Morgan fingerprint density at radius 2 is 2.16 bits per heavy atom. The van der Waals surface area contributed by atoms with Crippen LogP contribution in [0.2, 0.25) is 0 Å². The number of oxime groups is 1. The van der Waals surface area contributed by atoms with Gasteiger partial charge in [0.2, 0.25) is 0 Å². The van der Waals surface area contributed by atoms with Crippen LogP contribution in [0.15, 0.2) is 21.8 Å². The molecule has 0 saturated carbocycles. The molecule has 1 aromatic heterocycles. The molecule has 2 atom stereocenters. The summed E-state index contributed by atoms with van der Waals surface area (Å²) < 4.78 is 4.85. The summed E-state index contributed by atoms with van der Waals surface area (Å²) in [6, 6.07) is -0.995. The van der Waals surface area contributed by atoms with Gasteiger partial charge in [-0.05, 0) is 0 Å². The number of nitrogens with one attached hydrogen (secondary N) is 1. The van der Waals surface area contributed by atoms with E-state index >= 15 is 0 Å². The number of aromatic nitrogens is 1. The maximum atomic E-state index is 12.6. The van der Waals surface area contributed by atoms with Crippen molar-refractivity contribution in [3.63, 3.8) is 0 Å². The van der Waals surface area contributed by atoms with Gasteiger partial charge in [-0.15, -0.1) is 23.1 Å². The number of hydrogen-bond acceptors (Lipinski definition) is 12. The topological polar surface area (TPSA) is 176 Å². The molecule has 1 fully saturated rings. The molecule has 3 heterocycles. The van der Waals surface area contributed by atoms with Crippen LogP contribution in [0.5, 0.6) is 0 Å². The smallest absolute Gasteiger partial charge is 0.543 e. The van der Waals surface area contributed by atoms with Crippen LogP contribution < -0.4 is 45.7 Å². The van der Waals surface area contributed by atoms with E-state index < -0.39 is 35.2 Å². The monoisotopic (exact) mass is 477 g/mol. The second-order valence-electron chi connectivity index (χ2n) is 6.07. The van der Waals surface area contributed by atoms with Crippen LogP contribution in [0.3, 0.4) is 0 Å². The molecule has 31 heavy (non-hydrogen) atoms. The first-order valence-electron chi connectivity index (χ1n) is 8.39. The third-order valence-electron chi connectivity index (χ3n) is 4.14. The predicted molar refractivity (Wildman–Crippen MR) is 104 cm³/mol. The van der Waals surface area contributed by atoms with E-state index in [1.165, 1.54) is 31.2 Å². The van der Waals surface area contributed by atoms with Crippen molar-refractivity contribution in [2.75, 3.05) is 25.2 Å². The summed E-state index contributed by atoms with van der Waals surface area (Å²) >= 11 is 2.32. The molecular formula is C16H16N5NaO7S2. The first-order chi connectivity index (χ1) is 14.2. The molecule has 3 rings (SSSR count). The number of anilines is 1. The second-order valence-corrected chi connectivity index (χ2v) is 8.07. The van der Waals surface area contributed by atoms with Gasteiger partial charge in [0.05, 0.1) is 11.7 Å². The number of thiazole rings is 1. The number of amides is 2. The molecule has 12 nitrogen and oxygen atoms in total. The molecule has 2 amide bonds. The van der Waals surface area contributed by atoms with Crippen LogP contribution in [0.1, 0.15) is 12.6 Å². The molecule has 1 aromatic rings. The summed E-state index contributed by atoms with van der Waals surface area (Å²) in [5.74, 6) is -3.35. The van der Waals surface area contributed by atoms with Gasteiger partial charge in [-0.25, -0.2) is 4.98 Å². The fourth-order valence-electron chi connectivity index (χ4n) is 2.87. The van der Waals surface area contributed by atoms with Crippen molar-refractivity contribution < 1.29 is 63.4 Å². The van der Waals surface area contributed by atoms with Gasteiger partial charge in [0, 0.05) is 23.6 Å². The van der Waals surface area contributed by atoms with E-state index in [0.29, 0.717) is 0 Å². The Kier molecular flexibility index (Phi) is 8.48. The standard InChI is InChI=1S/C16H17N5O7S2.Na/c1-6(22)28-3-7-4-29-14-10(13(24)21(14)11(7)15(25)26)19-12(23)9(20-27-2)8-5-30-16(17)18-8;/h5,10,14H,3-4H2,1-2H3,(H2,17,18)(H,19,23)(H,25,26);/q;+1/p-1/t10-,14-;/m1./s1. The zero-order valence-corrected chi connectivity index (χ0v) is 20.4. The third kappa shape index (κ3) is 5.20. The van der Waals surface area contributed by atoms with Crippen LogP contribution in [0.4, 0.5) is 5.13 Å². The van der Waals surface area contributed by atoms with Crippen molar-refractivity contribution in [2.24, 2.45) is 5.16 Å². The zero-order chi connectivity index (χ0) is 22.0. The number of nitrogens with zero attached hydrogens (tertiary/aromatic N) is 3. The van der Waals surface area contributed by atoms with Gasteiger partial charge in [-0.3, -0.25) is 19.3 Å². The molecule has 0 aromatic carbocycles. The van der Waals surface area contributed by atoms with E-state index in [9.17, 15) is 24.3 Å². The first kappa shape index (κ1) is 25.1. The van der Waals surface area contributed by atoms with Crippen molar-refractivity contribution in [1.29, 1.82) is 0 Å². The summed E-state index contributed by atoms with van der Waals surface area (Å²) in [7, 11) is 1.25. The number of fused-ring (bicyclic) bond motifs is 1. The summed E-state index contributed by atoms with van der Waals surface area (Å²) in [5, 5.41) is 18.8. The van der Waals surface area contributed by atoms with Crippen LogP contribution in [0.25, 0.3) is 0 Å². The largest absolute Gasteiger partial charge is 1.00 e. The molecule has 0 bridgehead atoms. The molecule has 2 aliphatic rings. The number of hydrogen-bond donors (Lipinski definition) is 2. The number of aliphatic carboxylic acids is 1. The Morgan fingerprint density at radius 1 is 1.45 bits per heavy atom. The minimum absolute atomic E-state index is 0. The summed E-state index contributed by atoms with van der Waals surface area (Å²) in [6.45, 7) is 0.919. The van der Waals surface area contributed by atoms with Crippen LogP contribution >= 0.6 is 23.1 Å². The van der Waals surface area contributed by atoms with Gasteiger partial charge in [0.1, 0.15) is 30.8 Å². The van der Waals surface area contributed by atoms with E-state index in [1.807, 2.05) is 0 Å². The number of rotatable bonds is 7. The normalized spacial score (nSPS) is 20.3. The Labute approximate surface area is 206 Å². The SMILES string of the molecule is CON=C(C(=O)N[C@@H]1C(=O)N2C(C(=O)[O-])=C(COC(C)=O)CS[C@H]12)c1csc(N)n1.[Na+]. The van der Waals surface area contributed by atoms with Crippen molar-refractivity contribution in [1.82, 2.24) is 15.2 Å². The van der Waals surface area contributed by atoms with E-state index in [-0.39, 0.29) is 69.7 Å². The van der Waals surface area contributed by atoms with Gasteiger partial charge < -0.3 is 30.5 Å². The number of nitrogen functional groups attached to an aromatic ring is 1. The van der Waals surface area contributed by atoms with Crippen molar-refractivity contribution in [3.05, 3.63) is 22.3 Å². The molecule has 2 aliphatic heterocycles. The van der Waals surface area contributed by atoms with E-state index in [2.05, 4.69) is 20.3 Å². The summed E-state index contributed by atoms with van der Waals surface area (Å²) in [4.78, 5) is 57.5. The number of carbonyl (C=O) groups excluding carboxylic acids is 4.